The van der Waals surface area contributed by atoms with E-state index in [9.17, 15) is 9.50 Å². The van der Waals surface area contributed by atoms with Crippen LogP contribution in [-0.4, -0.2) is 50.5 Å². The summed E-state index contributed by atoms with van der Waals surface area (Å²) in [5.74, 6) is 1.04. The average Bonchev–Trinajstić information content (AvgIpc) is 2.60. The number of rotatable bonds is 9. The lowest BCUT2D eigenvalue weighted by molar-refractivity contribution is 0.0728. The minimum atomic E-state index is -0.732. The largest absolute Gasteiger partial charge is 0.493 e. The van der Waals surface area contributed by atoms with Crippen molar-refractivity contribution in [1.82, 2.24) is 4.90 Å². The van der Waals surface area contributed by atoms with Crippen molar-refractivity contribution in [2.24, 2.45) is 0 Å². The summed E-state index contributed by atoms with van der Waals surface area (Å²) in [6.45, 7) is 1.04. The van der Waals surface area contributed by atoms with Crippen molar-refractivity contribution < 1.29 is 23.7 Å². The summed E-state index contributed by atoms with van der Waals surface area (Å²) in [5, 5.41) is 10.1. The lowest BCUT2D eigenvalue weighted by Gasteiger charge is -2.21. The van der Waals surface area contributed by atoms with Gasteiger partial charge in [-0.2, -0.15) is 0 Å². The van der Waals surface area contributed by atoms with Crippen molar-refractivity contribution in [3.63, 3.8) is 0 Å². The molecular weight excluding hydrogens is 325 g/mol. The van der Waals surface area contributed by atoms with Crippen LogP contribution in [0, 0.1) is 5.82 Å². The number of hydrogen-bond donors (Lipinski definition) is 1. The van der Waals surface area contributed by atoms with Crippen LogP contribution in [0.1, 0.15) is 5.56 Å². The van der Waals surface area contributed by atoms with Gasteiger partial charge in [0.15, 0.2) is 23.1 Å². The summed E-state index contributed by atoms with van der Waals surface area (Å²) in [5.41, 5.74) is 1.03. The van der Waals surface area contributed by atoms with E-state index in [1.165, 1.54) is 12.1 Å². The van der Waals surface area contributed by atoms with Crippen LogP contribution in [-0.2, 0) is 6.54 Å². The number of hydrogen-bond acceptors (Lipinski definition) is 5. The van der Waals surface area contributed by atoms with E-state index in [0.717, 1.165) is 5.56 Å². The molecule has 0 heterocycles. The van der Waals surface area contributed by atoms with Gasteiger partial charge in [-0.15, -0.1) is 0 Å². The quantitative estimate of drug-likeness (QED) is 0.754. The lowest BCUT2D eigenvalue weighted by Crippen LogP contribution is -2.32. The van der Waals surface area contributed by atoms with Gasteiger partial charge < -0.3 is 19.3 Å². The Hall–Kier alpha value is -2.31. The zero-order valence-electron chi connectivity index (χ0n) is 14.7. The third kappa shape index (κ3) is 5.62. The number of methoxy groups -OCH3 is 2. The van der Waals surface area contributed by atoms with Gasteiger partial charge >= 0.3 is 0 Å². The zero-order chi connectivity index (χ0) is 18.2. The Kier molecular flexibility index (Phi) is 7.03. The Labute approximate surface area is 147 Å². The molecule has 136 valence electrons. The molecule has 0 saturated carbocycles. The maximum atomic E-state index is 13.5. The normalized spacial score (nSPS) is 12.1. The molecule has 1 unspecified atom stereocenters. The van der Waals surface area contributed by atoms with Gasteiger partial charge in [0, 0.05) is 13.1 Å². The number of ether oxygens (including phenoxy) is 3. The first-order valence-corrected chi connectivity index (χ1v) is 7.98. The Morgan fingerprint density at radius 3 is 2.44 bits per heavy atom. The number of aliphatic hydroxyl groups excluding tert-OH is 1. The molecule has 2 rings (SSSR count). The summed E-state index contributed by atoms with van der Waals surface area (Å²) < 4.78 is 29.3. The highest BCUT2D eigenvalue weighted by molar-refractivity contribution is 5.42. The van der Waals surface area contributed by atoms with Gasteiger partial charge in [-0.3, -0.25) is 4.90 Å². The van der Waals surface area contributed by atoms with E-state index in [-0.39, 0.29) is 12.4 Å². The standard InChI is InChI=1S/C19H24FNO4/c1-21(11-14-8-9-18(23-2)19(10-14)24-3)12-15(22)13-25-17-7-5-4-6-16(17)20/h4-10,15,22H,11-13H2,1-3H3. The average molecular weight is 349 g/mol. The summed E-state index contributed by atoms with van der Waals surface area (Å²) in [6, 6.07) is 11.8. The van der Waals surface area contributed by atoms with Crippen LogP contribution in [0.3, 0.4) is 0 Å². The zero-order valence-corrected chi connectivity index (χ0v) is 14.7. The molecule has 1 atom stereocenters. The molecule has 0 saturated heterocycles. The minimum Gasteiger partial charge on any atom is -0.493 e. The van der Waals surface area contributed by atoms with Gasteiger partial charge in [-0.1, -0.05) is 18.2 Å². The van der Waals surface area contributed by atoms with Crippen molar-refractivity contribution in [1.29, 1.82) is 0 Å². The number of likely N-dealkylation sites (N-methyl/N-ethyl adjacent to an activating group) is 1. The van der Waals surface area contributed by atoms with Crippen LogP contribution in [0.5, 0.6) is 17.2 Å². The Bertz CT molecular complexity index is 680. The van der Waals surface area contributed by atoms with E-state index in [0.29, 0.717) is 24.6 Å². The van der Waals surface area contributed by atoms with E-state index in [1.54, 1.807) is 26.4 Å². The highest BCUT2D eigenvalue weighted by Crippen LogP contribution is 2.27. The first-order chi connectivity index (χ1) is 12.0. The summed E-state index contributed by atoms with van der Waals surface area (Å²) in [4.78, 5) is 1.95. The van der Waals surface area contributed by atoms with Crippen molar-refractivity contribution in [3.8, 4) is 17.2 Å². The maximum absolute atomic E-state index is 13.5. The molecule has 0 amide bonds. The number of benzene rings is 2. The SMILES string of the molecule is COc1ccc(CN(C)CC(O)COc2ccccc2F)cc1OC. The first kappa shape index (κ1) is 19.0. The van der Waals surface area contributed by atoms with Gasteiger partial charge in [-0.25, -0.2) is 4.39 Å². The minimum absolute atomic E-state index is 0.0250. The highest BCUT2D eigenvalue weighted by Gasteiger charge is 2.12. The fourth-order valence-corrected chi connectivity index (χ4v) is 2.52. The molecule has 0 spiro atoms. The molecule has 0 aliphatic heterocycles. The number of nitrogens with zero attached hydrogens (tertiary/aromatic N) is 1. The van der Waals surface area contributed by atoms with Crippen molar-refractivity contribution >= 4 is 0 Å². The van der Waals surface area contributed by atoms with E-state index in [2.05, 4.69) is 0 Å². The van der Waals surface area contributed by atoms with Crippen LogP contribution < -0.4 is 14.2 Å². The van der Waals surface area contributed by atoms with Crippen LogP contribution in [0.25, 0.3) is 0 Å². The molecule has 2 aromatic rings. The number of halogens is 1. The van der Waals surface area contributed by atoms with Gasteiger partial charge in [-0.05, 0) is 36.9 Å². The maximum Gasteiger partial charge on any atom is 0.165 e. The molecule has 25 heavy (non-hydrogen) atoms. The Morgan fingerprint density at radius 2 is 1.76 bits per heavy atom. The number of aliphatic hydroxyl groups is 1. The predicted molar refractivity (Wildman–Crippen MR) is 93.8 cm³/mol. The van der Waals surface area contributed by atoms with Crippen molar-refractivity contribution in [3.05, 3.63) is 53.8 Å². The Balaban J connectivity index is 1.85. The molecule has 0 radical (unpaired) electrons. The van der Waals surface area contributed by atoms with Crippen LogP contribution in [0.4, 0.5) is 4.39 Å². The lowest BCUT2D eigenvalue weighted by atomic mass is 10.2. The molecule has 0 bridgehead atoms. The van der Waals surface area contributed by atoms with Gasteiger partial charge in [0.05, 0.1) is 14.2 Å². The van der Waals surface area contributed by atoms with Gasteiger partial charge in [0.2, 0.25) is 0 Å². The van der Waals surface area contributed by atoms with Crippen molar-refractivity contribution in [2.75, 3.05) is 34.4 Å². The van der Waals surface area contributed by atoms with E-state index in [4.69, 9.17) is 14.2 Å². The van der Waals surface area contributed by atoms with Gasteiger partial charge in [0.25, 0.3) is 0 Å². The molecule has 0 aromatic heterocycles. The van der Waals surface area contributed by atoms with Crippen LogP contribution in [0.15, 0.2) is 42.5 Å². The molecule has 1 N–H and O–H groups in total. The Morgan fingerprint density at radius 1 is 1.04 bits per heavy atom. The summed E-state index contributed by atoms with van der Waals surface area (Å²) in [7, 11) is 5.08. The molecule has 5 nitrogen and oxygen atoms in total. The second-order valence-electron chi connectivity index (χ2n) is 5.78. The van der Waals surface area contributed by atoms with Crippen LogP contribution in [0.2, 0.25) is 0 Å². The number of para-hydroxylation sites is 1. The molecule has 0 fully saturated rings. The smallest absolute Gasteiger partial charge is 0.165 e. The fraction of sp³-hybridized carbons (Fsp3) is 0.368. The predicted octanol–water partition coefficient (Wildman–Crippen LogP) is 2.71. The molecular formula is C19H24FNO4. The van der Waals surface area contributed by atoms with E-state index < -0.39 is 11.9 Å². The van der Waals surface area contributed by atoms with E-state index >= 15 is 0 Å². The summed E-state index contributed by atoms with van der Waals surface area (Å²) in [6.07, 6.45) is -0.732. The van der Waals surface area contributed by atoms with Gasteiger partial charge in [0.1, 0.15) is 12.7 Å². The second kappa shape index (κ2) is 9.25. The van der Waals surface area contributed by atoms with E-state index in [1.807, 2.05) is 30.1 Å². The third-order valence-corrected chi connectivity index (χ3v) is 3.69. The summed E-state index contributed by atoms with van der Waals surface area (Å²) >= 11 is 0. The fourth-order valence-electron chi connectivity index (χ4n) is 2.52. The topological polar surface area (TPSA) is 51.2 Å². The van der Waals surface area contributed by atoms with Crippen LogP contribution >= 0.6 is 0 Å². The van der Waals surface area contributed by atoms with Crippen molar-refractivity contribution in [2.45, 2.75) is 12.6 Å². The molecule has 0 aliphatic carbocycles. The highest BCUT2D eigenvalue weighted by atomic mass is 19.1. The molecule has 2 aromatic carbocycles. The monoisotopic (exact) mass is 349 g/mol. The third-order valence-electron chi connectivity index (χ3n) is 3.69. The second-order valence-corrected chi connectivity index (χ2v) is 5.78. The first-order valence-electron chi connectivity index (χ1n) is 7.98. The molecule has 0 aliphatic rings. The molecule has 6 heteroatoms.